The lowest BCUT2D eigenvalue weighted by molar-refractivity contribution is 0.0994. The molecule has 154 valence electrons. The average molecular weight is 403 g/mol. The first kappa shape index (κ1) is 19.0. The number of fused-ring (bicyclic) bond motifs is 5. The highest BCUT2D eigenvalue weighted by atomic mass is 16.5. The van der Waals surface area contributed by atoms with Gasteiger partial charge in [-0.15, -0.1) is 0 Å². The fourth-order valence-corrected chi connectivity index (χ4v) is 4.53. The number of benzene rings is 2. The van der Waals surface area contributed by atoms with Gasteiger partial charge in [-0.25, -0.2) is 4.98 Å². The molecule has 4 aromatic rings. The van der Waals surface area contributed by atoms with Crippen LogP contribution in [0.3, 0.4) is 0 Å². The highest BCUT2D eigenvalue weighted by molar-refractivity contribution is 6.15. The fourth-order valence-electron chi connectivity index (χ4n) is 4.53. The first-order valence-corrected chi connectivity index (χ1v) is 10.4. The predicted octanol–water partition coefficient (Wildman–Crippen LogP) is 4.16. The molecule has 0 saturated heterocycles. The monoisotopic (exact) mass is 403 g/mol. The zero-order chi connectivity index (χ0) is 20.7. The first-order chi connectivity index (χ1) is 14.7. The van der Waals surface area contributed by atoms with Crippen LogP contribution in [-0.4, -0.2) is 54.1 Å². The van der Waals surface area contributed by atoms with Crippen LogP contribution in [0.1, 0.15) is 22.3 Å². The summed E-state index contributed by atoms with van der Waals surface area (Å²) < 4.78 is 13.1. The molecule has 5 rings (SSSR count). The molecule has 2 aromatic carbocycles. The van der Waals surface area contributed by atoms with E-state index >= 15 is 0 Å². The van der Waals surface area contributed by atoms with Crippen molar-refractivity contribution >= 4 is 27.6 Å². The number of nitrogens with zero attached hydrogens (tertiary/aromatic N) is 3. The van der Waals surface area contributed by atoms with Gasteiger partial charge in [0.25, 0.3) is 0 Å². The van der Waals surface area contributed by atoms with Crippen molar-refractivity contribution in [2.24, 2.45) is 0 Å². The van der Waals surface area contributed by atoms with Gasteiger partial charge in [0.1, 0.15) is 6.26 Å². The molecule has 0 amide bonds. The number of ether oxygens (including phenoxy) is 1. The number of methoxy groups -OCH3 is 1. The van der Waals surface area contributed by atoms with E-state index in [1.54, 1.807) is 19.6 Å². The summed E-state index contributed by atoms with van der Waals surface area (Å²) >= 11 is 0. The van der Waals surface area contributed by atoms with Crippen LogP contribution in [0.5, 0.6) is 0 Å². The summed E-state index contributed by atoms with van der Waals surface area (Å²) in [5.74, 6) is 0.858. The molecule has 0 unspecified atom stereocenters. The molecule has 2 heterocycles. The Morgan fingerprint density at radius 1 is 1.17 bits per heavy atom. The van der Waals surface area contributed by atoms with Crippen molar-refractivity contribution in [2.45, 2.75) is 19.4 Å². The summed E-state index contributed by atoms with van der Waals surface area (Å²) in [6.07, 6.45) is 4.66. The Hall–Kier alpha value is -2.96. The van der Waals surface area contributed by atoms with Gasteiger partial charge in [0.2, 0.25) is 5.89 Å². The van der Waals surface area contributed by atoms with Crippen molar-refractivity contribution in [3.63, 3.8) is 0 Å². The van der Waals surface area contributed by atoms with Gasteiger partial charge in [-0.1, -0.05) is 0 Å². The van der Waals surface area contributed by atoms with E-state index in [4.69, 9.17) is 9.15 Å². The Balaban J connectivity index is 1.66. The van der Waals surface area contributed by atoms with Gasteiger partial charge in [-0.3, -0.25) is 4.79 Å². The van der Waals surface area contributed by atoms with Gasteiger partial charge in [0, 0.05) is 66.1 Å². The second-order valence-electron chi connectivity index (χ2n) is 7.93. The highest BCUT2D eigenvalue weighted by Gasteiger charge is 2.25. The van der Waals surface area contributed by atoms with E-state index in [0.717, 1.165) is 49.2 Å². The average Bonchev–Trinajstić information content (AvgIpc) is 3.48. The Kier molecular flexibility index (Phi) is 4.89. The van der Waals surface area contributed by atoms with Gasteiger partial charge in [0.05, 0.1) is 12.8 Å². The van der Waals surface area contributed by atoms with E-state index in [1.807, 2.05) is 6.07 Å². The lowest BCUT2D eigenvalue weighted by atomic mass is 10.0. The van der Waals surface area contributed by atoms with Crippen LogP contribution in [0.2, 0.25) is 0 Å². The minimum absolute atomic E-state index is 0.246. The Morgan fingerprint density at radius 3 is 2.83 bits per heavy atom. The van der Waals surface area contributed by atoms with Crippen LogP contribution >= 0.6 is 0 Å². The molecular formula is C24H25N3O3. The van der Waals surface area contributed by atoms with E-state index < -0.39 is 0 Å². The second-order valence-corrected chi connectivity index (χ2v) is 7.93. The molecule has 6 heteroatoms. The summed E-state index contributed by atoms with van der Waals surface area (Å²) in [6.45, 7) is 3.40. The van der Waals surface area contributed by atoms with E-state index in [2.05, 4.69) is 45.8 Å². The SMILES string of the molecule is COCCN(C)CCn1c2ccc(-c3ncco3)cc2c2c3c(ccc21)C(=O)CC3. The van der Waals surface area contributed by atoms with Crippen molar-refractivity contribution in [1.29, 1.82) is 0 Å². The summed E-state index contributed by atoms with van der Waals surface area (Å²) in [6, 6.07) is 10.5. The van der Waals surface area contributed by atoms with Crippen LogP contribution in [0.25, 0.3) is 33.3 Å². The molecule has 6 nitrogen and oxygen atoms in total. The van der Waals surface area contributed by atoms with Crippen molar-refractivity contribution in [2.75, 3.05) is 33.9 Å². The lowest BCUT2D eigenvalue weighted by Crippen LogP contribution is -2.26. The van der Waals surface area contributed by atoms with Gasteiger partial charge in [-0.2, -0.15) is 0 Å². The standard InChI is InChI=1S/C24H25N3O3/c1-26(12-14-29-2)10-11-27-20-6-3-16(24-25-9-13-30-24)15-19(20)23-18-5-8-22(28)17(18)4-7-21(23)27/h3-4,6-7,9,13,15H,5,8,10-12,14H2,1-2H3. The third-order valence-corrected chi connectivity index (χ3v) is 6.10. The number of aromatic nitrogens is 2. The summed E-state index contributed by atoms with van der Waals surface area (Å²) in [7, 11) is 3.85. The van der Waals surface area contributed by atoms with Crippen LogP contribution in [0.4, 0.5) is 0 Å². The van der Waals surface area contributed by atoms with Crippen molar-refractivity contribution < 1.29 is 13.9 Å². The normalized spacial score (nSPS) is 13.8. The van der Waals surface area contributed by atoms with Crippen LogP contribution in [0.15, 0.2) is 47.2 Å². The quantitative estimate of drug-likeness (QED) is 0.464. The molecule has 1 aliphatic rings. The van der Waals surface area contributed by atoms with Gasteiger partial charge in [-0.05, 0) is 49.4 Å². The molecule has 0 saturated carbocycles. The van der Waals surface area contributed by atoms with E-state index in [1.165, 1.54) is 22.0 Å². The number of ketones is 1. The fraction of sp³-hybridized carbons (Fsp3) is 0.333. The van der Waals surface area contributed by atoms with E-state index in [0.29, 0.717) is 12.3 Å². The van der Waals surface area contributed by atoms with Crippen molar-refractivity contribution in [3.05, 3.63) is 53.9 Å². The van der Waals surface area contributed by atoms with Gasteiger partial charge < -0.3 is 18.6 Å². The zero-order valence-corrected chi connectivity index (χ0v) is 17.4. The number of aryl methyl sites for hydroxylation is 1. The molecular weight excluding hydrogens is 378 g/mol. The smallest absolute Gasteiger partial charge is 0.225 e. The van der Waals surface area contributed by atoms with Gasteiger partial charge in [0.15, 0.2) is 5.78 Å². The molecule has 0 spiro atoms. The topological polar surface area (TPSA) is 60.5 Å². The van der Waals surface area contributed by atoms with Crippen LogP contribution in [0, 0.1) is 0 Å². The summed E-state index contributed by atoms with van der Waals surface area (Å²) in [4.78, 5) is 19.0. The molecule has 0 N–H and O–H groups in total. The van der Waals surface area contributed by atoms with E-state index in [-0.39, 0.29) is 5.78 Å². The minimum Gasteiger partial charge on any atom is -0.445 e. The van der Waals surface area contributed by atoms with Crippen LogP contribution in [-0.2, 0) is 17.7 Å². The van der Waals surface area contributed by atoms with Crippen molar-refractivity contribution in [3.8, 4) is 11.5 Å². The number of rotatable bonds is 7. The van der Waals surface area contributed by atoms with E-state index in [9.17, 15) is 4.79 Å². The molecule has 0 radical (unpaired) electrons. The number of oxazole rings is 1. The third kappa shape index (κ3) is 3.13. The number of carbonyl (C=O) groups excluding carboxylic acids is 1. The molecule has 0 atom stereocenters. The lowest BCUT2D eigenvalue weighted by Gasteiger charge is -2.17. The zero-order valence-electron chi connectivity index (χ0n) is 17.4. The maximum Gasteiger partial charge on any atom is 0.225 e. The maximum atomic E-state index is 12.4. The number of Topliss-reactive ketones (excluding diaryl/α,β-unsaturated/α-hetero) is 1. The second kappa shape index (κ2) is 7.70. The predicted molar refractivity (Wildman–Crippen MR) is 117 cm³/mol. The minimum atomic E-state index is 0.246. The summed E-state index contributed by atoms with van der Waals surface area (Å²) in [5, 5.41) is 2.35. The number of hydrogen-bond donors (Lipinski definition) is 0. The third-order valence-electron chi connectivity index (χ3n) is 6.10. The Labute approximate surface area is 175 Å². The molecule has 30 heavy (non-hydrogen) atoms. The van der Waals surface area contributed by atoms with Crippen molar-refractivity contribution in [1.82, 2.24) is 14.5 Å². The molecule has 0 fully saturated rings. The van der Waals surface area contributed by atoms with Gasteiger partial charge >= 0.3 is 0 Å². The maximum absolute atomic E-state index is 12.4. The van der Waals surface area contributed by atoms with Crippen LogP contribution < -0.4 is 0 Å². The number of carbonyl (C=O) groups is 1. The Bertz CT molecular complexity index is 1220. The summed E-state index contributed by atoms with van der Waals surface area (Å²) in [5.41, 5.74) is 5.36. The number of hydrogen-bond acceptors (Lipinski definition) is 5. The first-order valence-electron chi connectivity index (χ1n) is 10.4. The highest BCUT2D eigenvalue weighted by Crippen LogP contribution is 2.38. The number of likely N-dealkylation sites (N-methyl/N-ethyl adjacent to an activating group) is 1. The molecule has 0 bridgehead atoms. The molecule has 0 aliphatic heterocycles. The molecule has 1 aliphatic carbocycles. The molecule has 2 aromatic heterocycles. The largest absolute Gasteiger partial charge is 0.445 e. The Morgan fingerprint density at radius 2 is 2.03 bits per heavy atom.